The van der Waals surface area contributed by atoms with Gasteiger partial charge in [0.25, 0.3) is 0 Å². The number of carboxylic acids is 1. The third-order valence-electron chi connectivity index (χ3n) is 2.56. The van der Waals surface area contributed by atoms with Crippen molar-refractivity contribution in [1.29, 1.82) is 0 Å². The number of carboxylic acid groups (broad SMARTS) is 1. The zero-order valence-electron chi connectivity index (χ0n) is 11.2. The molecule has 0 fully saturated rings. The molecule has 0 aliphatic heterocycles. The van der Waals surface area contributed by atoms with E-state index in [9.17, 15) is 9.59 Å². The van der Waals surface area contributed by atoms with E-state index in [0.717, 1.165) is 6.42 Å². The SMILES string of the molecule is CCCC(CC(=O)O)NC(=O)CCc1nc(C)no1. The molecule has 1 aromatic rings. The molecule has 0 aromatic carbocycles. The number of aromatic nitrogens is 2. The number of hydrogen-bond acceptors (Lipinski definition) is 5. The molecule has 0 aliphatic carbocycles. The number of aliphatic carboxylic acids is 1. The van der Waals surface area contributed by atoms with Gasteiger partial charge in [-0.2, -0.15) is 4.98 Å². The molecule has 7 heteroatoms. The summed E-state index contributed by atoms with van der Waals surface area (Å²) >= 11 is 0. The lowest BCUT2D eigenvalue weighted by Gasteiger charge is -2.15. The molecule has 19 heavy (non-hydrogen) atoms. The van der Waals surface area contributed by atoms with E-state index < -0.39 is 5.97 Å². The summed E-state index contributed by atoms with van der Waals surface area (Å²) in [6.45, 7) is 3.65. The summed E-state index contributed by atoms with van der Waals surface area (Å²) in [4.78, 5) is 26.4. The highest BCUT2D eigenvalue weighted by Gasteiger charge is 2.15. The van der Waals surface area contributed by atoms with Crippen LogP contribution in [0.5, 0.6) is 0 Å². The molecule has 1 amide bonds. The van der Waals surface area contributed by atoms with Gasteiger partial charge in [-0.25, -0.2) is 0 Å². The van der Waals surface area contributed by atoms with Crippen LogP contribution in [0, 0.1) is 6.92 Å². The Balaban J connectivity index is 2.37. The quantitative estimate of drug-likeness (QED) is 0.731. The molecule has 1 rings (SSSR count). The average molecular weight is 269 g/mol. The van der Waals surface area contributed by atoms with Crippen LogP contribution >= 0.6 is 0 Å². The number of amides is 1. The van der Waals surface area contributed by atoms with Crippen LogP contribution in [0.3, 0.4) is 0 Å². The van der Waals surface area contributed by atoms with E-state index in [1.807, 2.05) is 6.92 Å². The lowest BCUT2D eigenvalue weighted by atomic mass is 10.1. The summed E-state index contributed by atoms with van der Waals surface area (Å²) in [5, 5.41) is 15.1. The summed E-state index contributed by atoms with van der Waals surface area (Å²) < 4.78 is 4.90. The standard InChI is InChI=1S/C12H19N3O4/c1-3-4-9(7-12(17)18)14-10(16)5-6-11-13-8(2)15-19-11/h9H,3-7H2,1-2H3,(H,14,16)(H,17,18). The number of nitrogens with zero attached hydrogens (tertiary/aromatic N) is 2. The lowest BCUT2D eigenvalue weighted by molar-refractivity contribution is -0.137. The Morgan fingerprint density at radius 1 is 1.47 bits per heavy atom. The minimum absolute atomic E-state index is 0.0563. The molecular formula is C12H19N3O4. The highest BCUT2D eigenvalue weighted by atomic mass is 16.5. The Morgan fingerprint density at radius 3 is 2.74 bits per heavy atom. The van der Waals surface area contributed by atoms with Gasteiger partial charge in [-0.3, -0.25) is 9.59 Å². The molecule has 7 nitrogen and oxygen atoms in total. The van der Waals surface area contributed by atoms with Gasteiger partial charge in [0.15, 0.2) is 5.82 Å². The summed E-state index contributed by atoms with van der Waals surface area (Å²) in [7, 11) is 0. The maximum atomic E-state index is 11.7. The third kappa shape index (κ3) is 5.98. The second-order valence-corrected chi connectivity index (χ2v) is 4.39. The van der Waals surface area contributed by atoms with Crippen molar-refractivity contribution < 1.29 is 19.2 Å². The van der Waals surface area contributed by atoms with Crippen molar-refractivity contribution in [2.75, 3.05) is 0 Å². The number of carbonyl (C=O) groups excluding carboxylic acids is 1. The van der Waals surface area contributed by atoms with Crippen molar-refractivity contribution in [3.8, 4) is 0 Å². The second-order valence-electron chi connectivity index (χ2n) is 4.39. The number of nitrogens with one attached hydrogen (secondary N) is 1. The van der Waals surface area contributed by atoms with Gasteiger partial charge in [0.05, 0.1) is 6.42 Å². The Morgan fingerprint density at radius 2 is 2.21 bits per heavy atom. The Hall–Kier alpha value is -1.92. The number of carbonyl (C=O) groups is 2. The van der Waals surface area contributed by atoms with E-state index in [2.05, 4.69) is 15.5 Å². The van der Waals surface area contributed by atoms with Crippen LogP contribution in [0.2, 0.25) is 0 Å². The number of rotatable bonds is 8. The van der Waals surface area contributed by atoms with Crippen molar-refractivity contribution in [2.24, 2.45) is 0 Å². The van der Waals surface area contributed by atoms with Gasteiger partial charge in [0.1, 0.15) is 0 Å². The zero-order valence-corrected chi connectivity index (χ0v) is 11.2. The van der Waals surface area contributed by atoms with E-state index in [0.29, 0.717) is 24.6 Å². The smallest absolute Gasteiger partial charge is 0.305 e. The fraction of sp³-hybridized carbons (Fsp3) is 0.667. The van der Waals surface area contributed by atoms with Crippen molar-refractivity contribution >= 4 is 11.9 Å². The van der Waals surface area contributed by atoms with Crippen LogP contribution in [0.4, 0.5) is 0 Å². The monoisotopic (exact) mass is 269 g/mol. The molecule has 0 aliphatic rings. The fourth-order valence-electron chi connectivity index (χ4n) is 1.75. The van der Waals surface area contributed by atoms with Crippen LogP contribution in [0.15, 0.2) is 4.52 Å². The largest absolute Gasteiger partial charge is 0.481 e. The van der Waals surface area contributed by atoms with Crippen molar-refractivity contribution in [1.82, 2.24) is 15.5 Å². The lowest BCUT2D eigenvalue weighted by Crippen LogP contribution is -2.36. The van der Waals surface area contributed by atoms with Gasteiger partial charge >= 0.3 is 5.97 Å². The predicted molar refractivity (Wildman–Crippen MR) is 66.4 cm³/mol. The summed E-state index contributed by atoms with van der Waals surface area (Å²) in [5.74, 6) is -0.162. The first-order valence-electron chi connectivity index (χ1n) is 6.31. The highest BCUT2D eigenvalue weighted by Crippen LogP contribution is 2.04. The molecule has 1 atom stereocenters. The van der Waals surface area contributed by atoms with Crippen molar-refractivity contribution in [3.63, 3.8) is 0 Å². The molecule has 0 bridgehead atoms. The predicted octanol–water partition coefficient (Wildman–Crippen LogP) is 1.07. The first-order chi connectivity index (χ1) is 9.01. The van der Waals surface area contributed by atoms with E-state index in [1.165, 1.54) is 0 Å². The Labute approximate surface area is 111 Å². The summed E-state index contributed by atoms with van der Waals surface area (Å²) in [6.07, 6.45) is 1.98. The van der Waals surface area contributed by atoms with E-state index >= 15 is 0 Å². The van der Waals surface area contributed by atoms with Crippen LogP contribution < -0.4 is 5.32 Å². The Kier molecular flexibility index (Phi) is 5.98. The first-order valence-corrected chi connectivity index (χ1v) is 6.31. The average Bonchev–Trinajstić information content (AvgIpc) is 2.72. The summed E-state index contributed by atoms with van der Waals surface area (Å²) in [5.41, 5.74) is 0. The van der Waals surface area contributed by atoms with E-state index in [1.54, 1.807) is 6.92 Å². The van der Waals surface area contributed by atoms with Gasteiger partial charge < -0.3 is 14.9 Å². The van der Waals surface area contributed by atoms with Crippen LogP contribution in [-0.2, 0) is 16.0 Å². The molecule has 0 saturated carbocycles. The maximum Gasteiger partial charge on any atom is 0.305 e. The van der Waals surface area contributed by atoms with E-state index in [-0.39, 0.29) is 24.8 Å². The molecule has 0 spiro atoms. The van der Waals surface area contributed by atoms with Crippen molar-refractivity contribution in [2.45, 2.75) is 52.0 Å². The first kappa shape index (κ1) is 15.1. The molecule has 0 saturated heterocycles. The second kappa shape index (κ2) is 7.50. The van der Waals surface area contributed by atoms with Crippen LogP contribution in [-0.4, -0.2) is 33.2 Å². The fourth-order valence-corrected chi connectivity index (χ4v) is 1.75. The Bertz CT molecular complexity index is 430. The van der Waals surface area contributed by atoms with E-state index in [4.69, 9.17) is 9.63 Å². The van der Waals surface area contributed by atoms with Gasteiger partial charge in [-0.15, -0.1) is 0 Å². The van der Waals surface area contributed by atoms with Gasteiger partial charge in [0.2, 0.25) is 11.8 Å². The maximum absolute atomic E-state index is 11.7. The van der Waals surface area contributed by atoms with Crippen LogP contribution in [0.1, 0.15) is 44.3 Å². The van der Waals surface area contributed by atoms with Gasteiger partial charge in [-0.1, -0.05) is 18.5 Å². The molecule has 1 aromatic heterocycles. The van der Waals surface area contributed by atoms with Gasteiger partial charge in [-0.05, 0) is 13.3 Å². The molecule has 1 heterocycles. The topological polar surface area (TPSA) is 105 Å². The third-order valence-corrected chi connectivity index (χ3v) is 2.56. The molecular weight excluding hydrogens is 250 g/mol. The molecule has 106 valence electrons. The number of aryl methyl sites for hydroxylation is 2. The molecule has 1 unspecified atom stereocenters. The highest BCUT2D eigenvalue weighted by molar-refractivity contribution is 5.77. The van der Waals surface area contributed by atoms with Crippen LogP contribution in [0.25, 0.3) is 0 Å². The number of hydrogen-bond donors (Lipinski definition) is 2. The minimum Gasteiger partial charge on any atom is -0.481 e. The molecule has 2 N–H and O–H groups in total. The van der Waals surface area contributed by atoms with Crippen molar-refractivity contribution in [3.05, 3.63) is 11.7 Å². The zero-order chi connectivity index (χ0) is 14.3. The molecule has 0 radical (unpaired) electrons. The minimum atomic E-state index is -0.911. The summed E-state index contributed by atoms with van der Waals surface area (Å²) in [6, 6.07) is -0.320. The van der Waals surface area contributed by atoms with Gasteiger partial charge in [0, 0.05) is 18.9 Å². The normalized spacial score (nSPS) is 12.1.